The van der Waals surface area contributed by atoms with Crippen LogP contribution in [0.25, 0.3) is 6.08 Å². The van der Waals surface area contributed by atoms with Gasteiger partial charge in [0, 0.05) is 7.14 Å². The zero-order valence-electron chi connectivity index (χ0n) is 17.1. The van der Waals surface area contributed by atoms with Crippen molar-refractivity contribution in [3.8, 4) is 11.5 Å². The molecule has 0 saturated carbocycles. The van der Waals surface area contributed by atoms with Gasteiger partial charge in [-0.3, -0.25) is 0 Å². The highest BCUT2D eigenvalue weighted by molar-refractivity contribution is 14.1. The Morgan fingerprint density at radius 2 is 1.73 bits per heavy atom. The van der Waals surface area contributed by atoms with Crippen molar-refractivity contribution in [1.82, 2.24) is 0 Å². The van der Waals surface area contributed by atoms with Crippen LogP contribution in [-0.2, 0) is 16.1 Å². The van der Waals surface area contributed by atoms with Gasteiger partial charge in [0.1, 0.15) is 6.61 Å². The maximum Gasteiger partial charge on any atom is 0.363 e. The Balaban J connectivity index is 1.60. The fourth-order valence-corrected chi connectivity index (χ4v) is 4.37. The van der Waals surface area contributed by atoms with E-state index in [-0.39, 0.29) is 11.6 Å². The Labute approximate surface area is 228 Å². The van der Waals surface area contributed by atoms with E-state index in [1.807, 2.05) is 30.3 Å². The molecule has 0 aromatic heterocycles. The number of carbonyl (C=O) groups is 1. The summed E-state index contributed by atoms with van der Waals surface area (Å²) in [6, 6.07) is 16.8. The van der Waals surface area contributed by atoms with Crippen LogP contribution in [0.2, 0.25) is 10.0 Å². The number of nitrogens with zero attached hydrogens (tertiary/aromatic N) is 1. The summed E-state index contributed by atoms with van der Waals surface area (Å²) in [6.07, 6.45) is 1.58. The van der Waals surface area contributed by atoms with Crippen LogP contribution < -0.4 is 9.47 Å². The van der Waals surface area contributed by atoms with Crippen LogP contribution in [0.3, 0.4) is 0 Å². The first-order chi connectivity index (χ1) is 15.8. The first kappa shape index (κ1) is 24.3. The molecule has 1 heterocycles. The second kappa shape index (κ2) is 10.6. The third-order valence-corrected chi connectivity index (χ3v) is 6.63. The van der Waals surface area contributed by atoms with Crippen molar-refractivity contribution in [3.63, 3.8) is 0 Å². The van der Waals surface area contributed by atoms with Gasteiger partial charge in [-0.15, -0.1) is 0 Å². The van der Waals surface area contributed by atoms with E-state index < -0.39 is 5.97 Å². The van der Waals surface area contributed by atoms with Crippen molar-refractivity contribution in [2.75, 3.05) is 7.11 Å². The van der Waals surface area contributed by atoms with Gasteiger partial charge in [0.25, 0.3) is 0 Å². The summed E-state index contributed by atoms with van der Waals surface area (Å²) in [7, 11) is 1.53. The first-order valence-corrected chi connectivity index (χ1v) is 12.5. The van der Waals surface area contributed by atoms with Crippen molar-refractivity contribution in [2.24, 2.45) is 4.99 Å². The van der Waals surface area contributed by atoms with Crippen LogP contribution in [0.4, 0.5) is 0 Å². The van der Waals surface area contributed by atoms with E-state index in [1.54, 1.807) is 30.3 Å². The molecule has 0 amide bonds. The molecule has 0 aliphatic carbocycles. The molecule has 3 aromatic rings. The maximum atomic E-state index is 12.4. The topological polar surface area (TPSA) is 57.1 Å². The summed E-state index contributed by atoms with van der Waals surface area (Å²) in [4.78, 5) is 16.7. The summed E-state index contributed by atoms with van der Waals surface area (Å²) in [5.41, 5.74) is 2.30. The largest absolute Gasteiger partial charge is 0.493 e. The Bertz CT molecular complexity index is 1290. The fourth-order valence-electron chi connectivity index (χ4n) is 3.04. The molecule has 5 nitrogen and oxygen atoms in total. The monoisotopic (exact) mass is 705 g/mol. The highest BCUT2D eigenvalue weighted by Crippen LogP contribution is 2.38. The molecule has 3 aromatic carbocycles. The molecule has 1 aliphatic heterocycles. The molecular weight excluding hydrogens is 691 g/mol. The molecule has 33 heavy (non-hydrogen) atoms. The molecule has 0 atom stereocenters. The lowest BCUT2D eigenvalue weighted by molar-refractivity contribution is -0.129. The minimum absolute atomic E-state index is 0.130. The number of benzene rings is 3. The van der Waals surface area contributed by atoms with Crippen LogP contribution >= 0.6 is 68.4 Å². The van der Waals surface area contributed by atoms with Crippen LogP contribution in [0.15, 0.2) is 65.3 Å². The van der Waals surface area contributed by atoms with Gasteiger partial charge in [0.15, 0.2) is 17.2 Å². The Morgan fingerprint density at radius 3 is 2.45 bits per heavy atom. The maximum absolute atomic E-state index is 12.4. The second-order valence-corrected chi connectivity index (χ2v) is 10.2. The number of rotatable bonds is 6. The summed E-state index contributed by atoms with van der Waals surface area (Å²) < 4.78 is 18.8. The number of hydrogen-bond donors (Lipinski definition) is 0. The third kappa shape index (κ3) is 5.82. The molecular formula is C24H15Cl2I2NO4. The number of halogens is 4. The van der Waals surface area contributed by atoms with Gasteiger partial charge < -0.3 is 14.2 Å². The van der Waals surface area contributed by atoms with Crippen molar-refractivity contribution in [2.45, 2.75) is 6.61 Å². The standard InChI is InChI=1S/C24H15Cl2I2NO4/c1-31-21-10-14(8-19(26)22(21)32-12-13-2-4-15(27)5-3-13)9-20-24(30)33-23(29-20)17-11-16(28)6-7-18(17)25/h2-11H,12H2,1H3/b20-9-. The minimum Gasteiger partial charge on any atom is -0.493 e. The molecule has 0 saturated heterocycles. The summed E-state index contributed by atoms with van der Waals surface area (Å²) in [5, 5.41) is 0.797. The summed E-state index contributed by atoms with van der Waals surface area (Å²) in [6.45, 7) is 0.337. The molecule has 9 heteroatoms. The van der Waals surface area contributed by atoms with Crippen LogP contribution in [0.1, 0.15) is 16.7 Å². The minimum atomic E-state index is -0.575. The number of methoxy groups -OCH3 is 1. The average Bonchev–Trinajstić information content (AvgIpc) is 3.15. The van der Waals surface area contributed by atoms with Crippen LogP contribution in [0.5, 0.6) is 11.5 Å². The lowest BCUT2D eigenvalue weighted by Crippen LogP contribution is -2.06. The normalized spacial score (nSPS) is 14.3. The highest BCUT2D eigenvalue weighted by Gasteiger charge is 2.26. The molecule has 0 N–H and O–H groups in total. The van der Waals surface area contributed by atoms with Gasteiger partial charge in [-0.1, -0.05) is 35.3 Å². The molecule has 1 aliphatic rings. The van der Waals surface area contributed by atoms with Crippen LogP contribution in [-0.4, -0.2) is 19.0 Å². The number of hydrogen-bond acceptors (Lipinski definition) is 5. The zero-order valence-corrected chi connectivity index (χ0v) is 22.9. The zero-order chi connectivity index (χ0) is 23.5. The first-order valence-electron chi connectivity index (χ1n) is 9.57. The highest BCUT2D eigenvalue weighted by atomic mass is 127. The molecule has 4 rings (SSSR count). The Morgan fingerprint density at radius 1 is 1.00 bits per heavy atom. The molecule has 0 radical (unpaired) electrons. The van der Waals surface area contributed by atoms with E-state index in [0.29, 0.717) is 39.3 Å². The number of carbonyl (C=O) groups excluding carboxylic acids is 1. The van der Waals surface area contributed by atoms with Gasteiger partial charge in [0.05, 0.1) is 22.7 Å². The van der Waals surface area contributed by atoms with E-state index in [1.165, 1.54) is 7.11 Å². The number of ether oxygens (including phenoxy) is 3. The Hall–Kier alpha value is -1.82. The van der Waals surface area contributed by atoms with E-state index in [9.17, 15) is 4.79 Å². The lowest BCUT2D eigenvalue weighted by Gasteiger charge is -2.13. The van der Waals surface area contributed by atoms with Gasteiger partial charge in [-0.05, 0) is 105 Å². The van der Waals surface area contributed by atoms with Gasteiger partial charge >= 0.3 is 5.97 Å². The van der Waals surface area contributed by atoms with Crippen molar-refractivity contribution >= 4 is 86.3 Å². The van der Waals surface area contributed by atoms with Gasteiger partial charge in [-0.2, -0.15) is 0 Å². The average molecular weight is 706 g/mol. The summed E-state index contributed by atoms with van der Waals surface area (Å²) in [5.74, 6) is 0.444. The van der Waals surface area contributed by atoms with Crippen molar-refractivity contribution < 1.29 is 19.0 Å². The van der Waals surface area contributed by atoms with Crippen molar-refractivity contribution in [1.29, 1.82) is 0 Å². The molecule has 0 unspecified atom stereocenters. The summed E-state index contributed by atoms with van der Waals surface area (Å²) >= 11 is 17.1. The van der Waals surface area contributed by atoms with E-state index >= 15 is 0 Å². The SMILES string of the molecule is COc1cc(/C=C2\N=C(c3cc(I)ccc3Cl)OC2=O)cc(Cl)c1OCc1ccc(I)cc1. The number of esters is 1. The quantitative estimate of drug-likeness (QED) is 0.156. The molecule has 0 bridgehead atoms. The van der Waals surface area contributed by atoms with Gasteiger partial charge in [-0.25, -0.2) is 9.79 Å². The van der Waals surface area contributed by atoms with Crippen LogP contribution in [0, 0.1) is 7.14 Å². The predicted molar refractivity (Wildman–Crippen MR) is 146 cm³/mol. The predicted octanol–water partition coefficient (Wildman–Crippen LogP) is 7.13. The lowest BCUT2D eigenvalue weighted by atomic mass is 10.1. The second-order valence-electron chi connectivity index (χ2n) is 6.91. The molecule has 168 valence electrons. The van der Waals surface area contributed by atoms with E-state index in [2.05, 4.69) is 50.2 Å². The van der Waals surface area contributed by atoms with E-state index in [4.69, 9.17) is 37.4 Å². The molecule has 0 fully saturated rings. The smallest absolute Gasteiger partial charge is 0.363 e. The number of cyclic esters (lactones) is 1. The van der Waals surface area contributed by atoms with E-state index in [0.717, 1.165) is 12.7 Å². The van der Waals surface area contributed by atoms with Gasteiger partial charge in [0.2, 0.25) is 5.90 Å². The number of aliphatic imine (C=N–C) groups is 1. The third-order valence-electron chi connectivity index (χ3n) is 4.63. The Kier molecular flexibility index (Phi) is 7.83. The molecule has 0 spiro atoms. The van der Waals surface area contributed by atoms with Crippen molar-refractivity contribution in [3.05, 3.63) is 94.2 Å². The fraction of sp³-hybridized carbons (Fsp3) is 0.0833.